The van der Waals surface area contributed by atoms with Crippen molar-refractivity contribution in [3.63, 3.8) is 0 Å². The molecule has 0 aromatic carbocycles. The number of piperidine rings is 1. The maximum absolute atomic E-state index is 12.8. The number of fused-ring (bicyclic) bond motifs is 5. The zero-order chi connectivity index (χ0) is 13.9. The second kappa shape index (κ2) is 4.66. The van der Waals surface area contributed by atoms with E-state index >= 15 is 0 Å². The van der Waals surface area contributed by atoms with E-state index in [-0.39, 0.29) is 0 Å². The van der Waals surface area contributed by atoms with Gasteiger partial charge in [0.25, 0.3) is 10.2 Å². The summed E-state index contributed by atoms with van der Waals surface area (Å²) in [6.07, 6.45) is 5.04. The van der Waals surface area contributed by atoms with Crippen LogP contribution in [0.1, 0.15) is 32.6 Å². The zero-order valence-electron chi connectivity index (χ0n) is 12.1. The van der Waals surface area contributed by atoms with Crippen LogP contribution in [0, 0.1) is 17.8 Å². The van der Waals surface area contributed by atoms with Crippen LogP contribution >= 0.6 is 0 Å². The summed E-state index contributed by atoms with van der Waals surface area (Å²) in [5.74, 6) is 1.39. The van der Waals surface area contributed by atoms with Crippen LogP contribution in [0.2, 0.25) is 0 Å². The molecule has 0 spiro atoms. The zero-order valence-corrected chi connectivity index (χ0v) is 12.9. The Labute approximate surface area is 121 Å². The minimum Gasteiger partial charge on any atom is -0.374 e. The smallest absolute Gasteiger partial charge is 0.282 e. The van der Waals surface area contributed by atoms with Crippen LogP contribution in [0.25, 0.3) is 0 Å². The minimum atomic E-state index is -3.24. The largest absolute Gasteiger partial charge is 0.374 e. The number of rotatable bonds is 2. The number of hydrogen-bond donors (Lipinski definition) is 0. The second-order valence-electron chi connectivity index (χ2n) is 7.05. The standard InChI is InChI=1S/C14H24N2O3S/c1-10-3-2-6-15(7-10)20(17,18)16-8-11-12(9-16)14-5-4-13(11)19-14/h10-14H,2-9H2,1H3. The molecular weight excluding hydrogens is 276 g/mol. The highest BCUT2D eigenvalue weighted by Gasteiger charge is 2.55. The van der Waals surface area contributed by atoms with Gasteiger partial charge in [0.05, 0.1) is 12.2 Å². The van der Waals surface area contributed by atoms with Gasteiger partial charge in [0.15, 0.2) is 0 Å². The lowest BCUT2D eigenvalue weighted by atomic mass is 9.82. The van der Waals surface area contributed by atoms with E-state index in [1.807, 2.05) is 0 Å². The molecule has 4 fully saturated rings. The molecular formula is C14H24N2O3S. The molecule has 4 aliphatic rings. The van der Waals surface area contributed by atoms with E-state index in [2.05, 4.69) is 6.92 Å². The van der Waals surface area contributed by atoms with Gasteiger partial charge in [-0.2, -0.15) is 17.0 Å². The van der Waals surface area contributed by atoms with Crippen molar-refractivity contribution in [2.24, 2.45) is 17.8 Å². The van der Waals surface area contributed by atoms with Gasteiger partial charge in [-0.1, -0.05) is 6.92 Å². The van der Waals surface area contributed by atoms with Crippen molar-refractivity contribution in [1.82, 2.24) is 8.61 Å². The van der Waals surface area contributed by atoms with Crippen molar-refractivity contribution in [3.05, 3.63) is 0 Å². The summed E-state index contributed by atoms with van der Waals surface area (Å²) in [5.41, 5.74) is 0. The lowest BCUT2D eigenvalue weighted by Crippen LogP contribution is -2.47. The highest BCUT2D eigenvalue weighted by molar-refractivity contribution is 7.86. The summed E-state index contributed by atoms with van der Waals surface area (Å²) in [7, 11) is -3.24. The van der Waals surface area contributed by atoms with Crippen molar-refractivity contribution in [2.45, 2.75) is 44.8 Å². The Morgan fingerprint density at radius 2 is 1.60 bits per heavy atom. The van der Waals surface area contributed by atoms with Crippen LogP contribution in [-0.4, -0.2) is 55.4 Å². The van der Waals surface area contributed by atoms with Crippen LogP contribution in [0.5, 0.6) is 0 Å². The molecule has 5 nitrogen and oxygen atoms in total. The lowest BCUT2D eigenvalue weighted by molar-refractivity contribution is 0.0772. The van der Waals surface area contributed by atoms with Crippen LogP contribution < -0.4 is 0 Å². The summed E-state index contributed by atoms with van der Waals surface area (Å²) in [6.45, 7) is 4.89. The van der Waals surface area contributed by atoms with E-state index in [1.165, 1.54) is 0 Å². The highest BCUT2D eigenvalue weighted by atomic mass is 32.2. The third kappa shape index (κ3) is 1.95. The normalized spacial score (nSPS) is 46.0. The van der Waals surface area contributed by atoms with Crippen molar-refractivity contribution in [2.75, 3.05) is 26.2 Å². The quantitative estimate of drug-likeness (QED) is 0.766. The Morgan fingerprint density at radius 3 is 2.20 bits per heavy atom. The molecule has 0 N–H and O–H groups in total. The lowest BCUT2D eigenvalue weighted by Gasteiger charge is -2.33. The first-order chi connectivity index (χ1) is 9.55. The summed E-state index contributed by atoms with van der Waals surface area (Å²) in [4.78, 5) is 0. The fourth-order valence-corrected chi connectivity index (χ4v) is 6.48. The highest BCUT2D eigenvalue weighted by Crippen LogP contribution is 2.48. The Kier molecular flexibility index (Phi) is 3.15. The van der Waals surface area contributed by atoms with E-state index in [4.69, 9.17) is 4.74 Å². The molecule has 5 unspecified atom stereocenters. The first kappa shape index (κ1) is 13.5. The van der Waals surface area contributed by atoms with E-state index in [9.17, 15) is 8.42 Å². The summed E-state index contributed by atoms with van der Waals surface area (Å²) >= 11 is 0. The third-order valence-electron chi connectivity index (χ3n) is 5.69. The molecule has 114 valence electrons. The molecule has 5 atom stereocenters. The summed E-state index contributed by atoms with van der Waals surface area (Å²) in [6, 6.07) is 0. The van der Waals surface area contributed by atoms with E-state index < -0.39 is 10.2 Å². The molecule has 2 bridgehead atoms. The minimum absolute atomic E-state index is 0.325. The van der Waals surface area contributed by atoms with Gasteiger partial charge >= 0.3 is 0 Å². The molecule has 4 rings (SSSR count). The fourth-order valence-electron chi connectivity index (χ4n) is 4.63. The monoisotopic (exact) mass is 300 g/mol. The van der Waals surface area contributed by atoms with Crippen molar-refractivity contribution < 1.29 is 13.2 Å². The fraction of sp³-hybridized carbons (Fsp3) is 1.00. The summed E-state index contributed by atoms with van der Waals surface area (Å²) in [5, 5.41) is 0. The molecule has 6 heteroatoms. The first-order valence-electron chi connectivity index (χ1n) is 7.96. The van der Waals surface area contributed by atoms with Crippen LogP contribution in [-0.2, 0) is 14.9 Å². The molecule has 0 aromatic heterocycles. The first-order valence-corrected chi connectivity index (χ1v) is 9.36. The van der Waals surface area contributed by atoms with Gasteiger partial charge in [0, 0.05) is 38.0 Å². The molecule has 4 aliphatic heterocycles. The van der Waals surface area contributed by atoms with Crippen molar-refractivity contribution in [3.8, 4) is 0 Å². The van der Waals surface area contributed by atoms with Gasteiger partial charge in [-0.3, -0.25) is 0 Å². The van der Waals surface area contributed by atoms with Gasteiger partial charge in [-0.15, -0.1) is 0 Å². The summed E-state index contributed by atoms with van der Waals surface area (Å²) < 4.78 is 35.0. The predicted molar refractivity (Wildman–Crippen MR) is 75.3 cm³/mol. The average molecular weight is 300 g/mol. The number of hydrogen-bond acceptors (Lipinski definition) is 3. The van der Waals surface area contributed by atoms with Crippen molar-refractivity contribution >= 4 is 10.2 Å². The molecule has 0 aliphatic carbocycles. The van der Waals surface area contributed by atoms with E-state index in [0.717, 1.165) is 25.7 Å². The molecule has 4 heterocycles. The predicted octanol–water partition coefficient (Wildman–Crippen LogP) is 1.07. The Balaban J connectivity index is 1.50. The molecule has 0 radical (unpaired) electrons. The number of nitrogens with zero attached hydrogens (tertiary/aromatic N) is 2. The third-order valence-corrected chi connectivity index (χ3v) is 7.63. The molecule has 20 heavy (non-hydrogen) atoms. The van der Waals surface area contributed by atoms with Gasteiger partial charge in [-0.25, -0.2) is 0 Å². The Morgan fingerprint density at radius 1 is 0.950 bits per heavy atom. The Hall–Kier alpha value is -0.170. The van der Waals surface area contributed by atoms with Gasteiger partial charge in [0.2, 0.25) is 0 Å². The van der Waals surface area contributed by atoms with Gasteiger partial charge in [-0.05, 0) is 31.6 Å². The molecule has 4 saturated heterocycles. The molecule has 0 saturated carbocycles. The maximum Gasteiger partial charge on any atom is 0.282 e. The van der Waals surface area contributed by atoms with E-state index in [0.29, 0.717) is 56.1 Å². The van der Waals surface area contributed by atoms with Crippen LogP contribution in [0.3, 0.4) is 0 Å². The molecule has 0 amide bonds. The SMILES string of the molecule is CC1CCCN(S(=O)(=O)N2CC3C4CCC(O4)C3C2)C1. The number of ether oxygens (including phenoxy) is 1. The molecule has 0 aromatic rings. The maximum atomic E-state index is 12.8. The topological polar surface area (TPSA) is 49.9 Å². The van der Waals surface area contributed by atoms with Crippen LogP contribution in [0.4, 0.5) is 0 Å². The van der Waals surface area contributed by atoms with Gasteiger partial charge in [0.1, 0.15) is 0 Å². The van der Waals surface area contributed by atoms with E-state index in [1.54, 1.807) is 8.61 Å². The van der Waals surface area contributed by atoms with Crippen molar-refractivity contribution in [1.29, 1.82) is 0 Å². The van der Waals surface area contributed by atoms with Crippen LogP contribution in [0.15, 0.2) is 0 Å². The Bertz CT molecular complexity index is 477. The van der Waals surface area contributed by atoms with Gasteiger partial charge < -0.3 is 4.74 Å². The average Bonchev–Trinajstić information content (AvgIpc) is 3.11. The second-order valence-corrected chi connectivity index (χ2v) is 8.98.